The first-order valence-corrected chi connectivity index (χ1v) is 4.66. The van der Waals surface area contributed by atoms with Crippen LogP contribution in [0.3, 0.4) is 0 Å². The molecule has 0 bridgehead atoms. The molecule has 0 atom stereocenters. The van der Waals surface area contributed by atoms with E-state index in [4.69, 9.17) is 11.5 Å². The maximum absolute atomic E-state index is 5.52. The van der Waals surface area contributed by atoms with Crippen molar-refractivity contribution in [1.29, 1.82) is 0 Å². The summed E-state index contributed by atoms with van der Waals surface area (Å²) in [5, 5.41) is 0. The van der Waals surface area contributed by atoms with Crippen LogP contribution in [0, 0.1) is 0 Å². The SMILES string of the molecule is NCc1ccc(-c2cnc(N)nc2)cc1. The van der Waals surface area contributed by atoms with Crippen LogP contribution in [0.15, 0.2) is 36.7 Å². The van der Waals surface area contributed by atoms with Gasteiger partial charge >= 0.3 is 0 Å². The maximum Gasteiger partial charge on any atom is 0.219 e. The van der Waals surface area contributed by atoms with Crippen LogP contribution in [-0.4, -0.2) is 9.97 Å². The topological polar surface area (TPSA) is 77.8 Å². The van der Waals surface area contributed by atoms with Crippen molar-refractivity contribution in [1.82, 2.24) is 9.97 Å². The minimum atomic E-state index is 0.289. The molecule has 0 fully saturated rings. The largest absolute Gasteiger partial charge is 0.368 e. The molecule has 76 valence electrons. The number of hydrogen-bond acceptors (Lipinski definition) is 4. The summed E-state index contributed by atoms with van der Waals surface area (Å²) in [7, 11) is 0. The van der Waals surface area contributed by atoms with Crippen molar-refractivity contribution in [3.63, 3.8) is 0 Å². The fourth-order valence-corrected chi connectivity index (χ4v) is 1.32. The Balaban J connectivity index is 2.33. The van der Waals surface area contributed by atoms with Gasteiger partial charge in [0.15, 0.2) is 0 Å². The van der Waals surface area contributed by atoms with Crippen LogP contribution in [0.2, 0.25) is 0 Å². The normalized spacial score (nSPS) is 10.2. The van der Waals surface area contributed by atoms with Gasteiger partial charge in [0.05, 0.1) is 0 Å². The second-order valence-electron chi connectivity index (χ2n) is 3.23. The molecule has 0 saturated heterocycles. The van der Waals surface area contributed by atoms with Crippen molar-refractivity contribution in [2.75, 3.05) is 5.73 Å². The van der Waals surface area contributed by atoms with E-state index in [0.717, 1.165) is 16.7 Å². The zero-order valence-corrected chi connectivity index (χ0v) is 8.22. The van der Waals surface area contributed by atoms with Crippen LogP contribution >= 0.6 is 0 Å². The van der Waals surface area contributed by atoms with Crippen LogP contribution in [0.25, 0.3) is 11.1 Å². The first-order chi connectivity index (χ1) is 7.29. The number of aromatic nitrogens is 2. The smallest absolute Gasteiger partial charge is 0.219 e. The van der Waals surface area contributed by atoms with Crippen LogP contribution in [0.5, 0.6) is 0 Å². The van der Waals surface area contributed by atoms with E-state index in [9.17, 15) is 0 Å². The number of nitrogens with zero attached hydrogens (tertiary/aromatic N) is 2. The molecule has 1 heterocycles. The molecule has 15 heavy (non-hydrogen) atoms. The van der Waals surface area contributed by atoms with Gasteiger partial charge in [-0.1, -0.05) is 24.3 Å². The number of hydrogen-bond donors (Lipinski definition) is 2. The van der Waals surface area contributed by atoms with E-state index in [-0.39, 0.29) is 5.95 Å². The molecule has 4 N–H and O–H groups in total. The Labute approximate surface area is 88.0 Å². The first-order valence-electron chi connectivity index (χ1n) is 4.66. The average Bonchev–Trinajstić information content (AvgIpc) is 2.30. The highest BCUT2D eigenvalue weighted by Crippen LogP contribution is 2.17. The van der Waals surface area contributed by atoms with Crippen molar-refractivity contribution >= 4 is 5.95 Å². The van der Waals surface area contributed by atoms with Crippen LogP contribution in [0.1, 0.15) is 5.56 Å². The molecule has 2 aromatic rings. The summed E-state index contributed by atoms with van der Waals surface area (Å²) in [4.78, 5) is 7.88. The molecule has 0 aliphatic heterocycles. The predicted molar refractivity (Wildman–Crippen MR) is 59.8 cm³/mol. The van der Waals surface area contributed by atoms with Gasteiger partial charge in [-0.25, -0.2) is 9.97 Å². The van der Waals surface area contributed by atoms with Gasteiger partial charge in [-0.3, -0.25) is 0 Å². The van der Waals surface area contributed by atoms with E-state index in [2.05, 4.69) is 9.97 Å². The summed E-state index contributed by atoms with van der Waals surface area (Å²) < 4.78 is 0. The standard InChI is InChI=1S/C11H12N4/c12-5-8-1-3-9(4-2-8)10-6-14-11(13)15-7-10/h1-4,6-7H,5,12H2,(H2,13,14,15). The van der Waals surface area contributed by atoms with E-state index in [1.165, 1.54) is 0 Å². The Hall–Kier alpha value is -1.94. The minimum absolute atomic E-state index is 0.289. The zero-order valence-electron chi connectivity index (χ0n) is 8.22. The molecular weight excluding hydrogens is 188 g/mol. The molecule has 1 aromatic carbocycles. The molecule has 0 aliphatic carbocycles. The second kappa shape index (κ2) is 4.06. The molecular formula is C11H12N4. The van der Waals surface area contributed by atoms with Crippen molar-refractivity contribution in [2.24, 2.45) is 5.73 Å². The predicted octanol–water partition coefficient (Wildman–Crippen LogP) is 1.18. The summed E-state index contributed by atoms with van der Waals surface area (Å²) in [6.45, 7) is 0.554. The fraction of sp³-hybridized carbons (Fsp3) is 0.0909. The summed E-state index contributed by atoms with van der Waals surface area (Å²) in [5.74, 6) is 0.289. The Morgan fingerprint density at radius 1 is 0.933 bits per heavy atom. The monoisotopic (exact) mass is 200 g/mol. The van der Waals surface area contributed by atoms with E-state index in [1.54, 1.807) is 12.4 Å². The van der Waals surface area contributed by atoms with Crippen molar-refractivity contribution < 1.29 is 0 Å². The Morgan fingerprint density at radius 2 is 1.53 bits per heavy atom. The van der Waals surface area contributed by atoms with E-state index < -0.39 is 0 Å². The van der Waals surface area contributed by atoms with E-state index in [0.29, 0.717) is 6.54 Å². The first kappa shape index (κ1) is 9.61. The number of anilines is 1. The molecule has 0 aliphatic rings. The van der Waals surface area contributed by atoms with Crippen LogP contribution in [-0.2, 0) is 6.54 Å². The van der Waals surface area contributed by atoms with Crippen LogP contribution in [0.4, 0.5) is 5.95 Å². The van der Waals surface area contributed by atoms with Gasteiger partial charge in [0, 0.05) is 24.5 Å². The highest BCUT2D eigenvalue weighted by atomic mass is 15.0. The molecule has 1 aromatic heterocycles. The highest BCUT2D eigenvalue weighted by Gasteiger charge is 1.98. The van der Waals surface area contributed by atoms with Gasteiger partial charge in [-0.05, 0) is 11.1 Å². The summed E-state index contributed by atoms with van der Waals surface area (Å²) in [6, 6.07) is 7.98. The molecule has 2 rings (SSSR count). The number of nitrogens with two attached hydrogens (primary N) is 2. The average molecular weight is 200 g/mol. The lowest BCUT2D eigenvalue weighted by molar-refractivity contribution is 1.07. The Morgan fingerprint density at radius 3 is 2.07 bits per heavy atom. The summed E-state index contributed by atoms with van der Waals surface area (Å²) >= 11 is 0. The van der Waals surface area contributed by atoms with Gasteiger partial charge in [0.25, 0.3) is 0 Å². The highest BCUT2D eigenvalue weighted by molar-refractivity contribution is 5.62. The quantitative estimate of drug-likeness (QED) is 0.763. The molecule has 4 heteroatoms. The lowest BCUT2D eigenvalue weighted by Crippen LogP contribution is -1.96. The van der Waals surface area contributed by atoms with Crippen molar-refractivity contribution in [2.45, 2.75) is 6.54 Å². The van der Waals surface area contributed by atoms with Gasteiger partial charge in [0.1, 0.15) is 0 Å². The third kappa shape index (κ3) is 2.11. The van der Waals surface area contributed by atoms with Gasteiger partial charge in [-0.15, -0.1) is 0 Å². The maximum atomic E-state index is 5.52. The van der Waals surface area contributed by atoms with Gasteiger partial charge in [-0.2, -0.15) is 0 Å². The minimum Gasteiger partial charge on any atom is -0.368 e. The van der Waals surface area contributed by atoms with Crippen molar-refractivity contribution in [3.05, 3.63) is 42.2 Å². The fourth-order valence-electron chi connectivity index (χ4n) is 1.32. The zero-order chi connectivity index (χ0) is 10.7. The summed E-state index contributed by atoms with van der Waals surface area (Å²) in [6.07, 6.45) is 3.42. The van der Waals surface area contributed by atoms with E-state index in [1.807, 2.05) is 24.3 Å². The van der Waals surface area contributed by atoms with Gasteiger partial charge < -0.3 is 11.5 Å². The number of benzene rings is 1. The Kier molecular flexibility index (Phi) is 2.60. The third-order valence-corrected chi connectivity index (χ3v) is 2.19. The number of rotatable bonds is 2. The Bertz CT molecular complexity index is 433. The van der Waals surface area contributed by atoms with Crippen LogP contribution < -0.4 is 11.5 Å². The molecule has 4 nitrogen and oxygen atoms in total. The third-order valence-electron chi connectivity index (χ3n) is 2.19. The van der Waals surface area contributed by atoms with Gasteiger partial charge in [0.2, 0.25) is 5.95 Å². The molecule has 0 spiro atoms. The molecule has 0 saturated carbocycles. The summed E-state index contributed by atoms with van der Waals surface area (Å²) in [5.41, 5.74) is 14.0. The van der Waals surface area contributed by atoms with E-state index >= 15 is 0 Å². The lowest BCUT2D eigenvalue weighted by Gasteiger charge is -2.02. The number of nitrogen functional groups attached to an aromatic ring is 1. The molecule has 0 radical (unpaired) electrons. The molecule has 0 amide bonds. The second-order valence-corrected chi connectivity index (χ2v) is 3.23. The molecule has 0 unspecified atom stereocenters. The van der Waals surface area contributed by atoms with Crippen molar-refractivity contribution in [3.8, 4) is 11.1 Å². The lowest BCUT2D eigenvalue weighted by atomic mass is 10.1.